The second-order valence-electron chi connectivity index (χ2n) is 7.30. The molecule has 5 nitrogen and oxygen atoms in total. The number of benzene rings is 2. The Morgan fingerprint density at radius 1 is 1.04 bits per heavy atom. The molecule has 1 N–H and O–H groups in total. The molecule has 1 heterocycles. The van der Waals surface area contributed by atoms with Gasteiger partial charge in [0.15, 0.2) is 11.5 Å². The Kier molecular flexibility index (Phi) is 5.49. The highest BCUT2D eigenvalue weighted by molar-refractivity contribution is 9.10. The summed E-state index contributed by atoms with van der Waals surface area (Å²) < 4.78 is 17.3. The van der Waals surface area contributed by atoms with Crippen molar-refractivity contribution in [1.29, 1.82) is 0 Å². The topological polar surface area (TPSA) is 56.8 Å². The molecule has 28 heavy (non-hydrogen) atoms. The van der Waals surface area contributed by atoms with E-state index in [1.54, 1.807) is 7.11 Å². The van der Waals surface area contributed by atoms with Crippen molar-refractivity contribution >= 4 is 27.5 Å². The number of nitrogens with one attached hydrogen (secondary N) is 1. The highest BCUT2D eigenvalue weighted by atomic mass is 79.9. The van der Waals surface area contributed by atoms with Gasteiger partial charge in [-0.05, 0) is 46.5 Å². The number of hydrogen-bond donors (Lipinski definition) is 1. The van der Waals surface area contributed by atoms with Crippen molar-refractivity contribution in [3.05, 3.63) is 46.4 Å². The Balaban J connectivity index is 1.64. The molecule has 0 saturated heterocycles. The first-order valence-corrected chi connectivity index (χ1v) is 10.5. The maximum Gasteiger partial charge on any atom is 0.235 e. The lowest BCUT2D eigenvalue weighted by molar-refractivity contribution is -0.122. The summed E-state index contributed by atoms with van der Waals surface area (Å²) in [4.78, 5) is 13.5. The maximum atomic E-state index is 13.5. The van der Waals surface area contributed by atoms with Crippen molar-refractivity contribution in [1.82, 2.24) is 0 Å². The van der Waals surface area contributed by atoms with Crippen LogP contribution in [0, 0.1) is 0 Å². The number of methoxy groups -OCH3 is 1. The molecule has 1 saturated carbocycles. The zero-order valence-electron chi connectivity index (χ0n) is 15.9. The lowest BCUT2D eigenvalue weighted by atomic mass is 9.68. The summed E-state index contributed by atoms with van der Waals surface area (Å²) in [6.07, 6.45) is 4.93. The molecule has 1 fully saturated rings. The summed E-state index contributed by atoms with van der Waals surface area (Å²) in [7, 11) is 1.65. The van der Waals surface area contributed by atoms with Crippen molar-refractivity contribution in [2.45, 2.75) is 37.5 Å². The van der Waals surface area contributed by atoms with Gasteiger partial charge < -0.3 is 19.5 Å². The smallest absolute Gasteiger partial charge is 0.235 e. The Hall–Kier alpha value is -2.21. The molecule has 1 aliphatic heterocycles. The molecule has 0 unspecified atom stereocenters. The second-order valence-corrected chi connectivity index (χ2v) is 8.16. The molecule has 0 radical (unpaired) electrons. The minimum Gasteiger partial charge on any atom is -0.497 e. The van der Waals surface area contributed by atoms with Crippen LogP contribution in [-0.2, 0) is 10.2 Å². The largest absolute Gasteiger partial charge is 0.497 e. The molecule has 0 spiro atoms. The van der Waals surface area contributed by atoms with Gasteiger partial charge in [0.2, 0.25) is 5.91 Å². The van der Waals surface area contributed by atoms with E-state index in [9.17, 15) is 4.79 Å². The fourth-order valence-electron chi connectivity index (χ4n) is 4.11. The molecule has 4 rings (SSSR count). The van der Waals surface area contributed by atoms with Gasteiger partial charge in [0.25, 0.3) is 0 Å². The van der Waals surface area contributed by atoms with Crippen molar-refractivity contribution in [2.75, 3.05) is 25.6 Å². The molecule has 148 valence electrons. The molecule has 0 aromatic heterocycles. The van der Waals surface area contributed by atoms with Gasteiger partial charge in [0.1, 0.15) is 19.0 Å². The number of anilines is 1. The Bertz CT molecular complexity index is 860. The Morgan fingerprint density at radius 3 is 2.32 bits per heavy atom. The Labute approximate surface area is 173 Å². The van der Waals surface area contributed by atoms with E-state index in [0.717, 1.165) is 41.5 Å². The lowest BCUT2D eigenvalue weighted by Gasteiger charge is -2.36. The number of halogens is 1. The monoisotopic (exact) mass is 445 g/mol. The first kappa shape index (κ1) is 19.1. The fraction of sp³-hybridized carbons (Fsp3) is 0.409. The standard InChI is InChI=1S/C22H24BrNO4/c1-26-16-7-5-15(6-8-16)22(9-3-2-4-10-22)21(25)24-18-14-20-19(13-17(18)23)27-11-12-28-20/h5-8,13-14H,2-4,9-12H2,1H3,(H,24,25). The van der Waals surface area contributed by atoms with Crippen LogP contribution >= 0.6 is 15.9 Å². The van der Waals surface area contributed by atoms with Crippen molar-refractivity contribution in [3.63, 3.8) is 0 Å². The third kappa shape index (κ3) is 3.58. The van der Waals surface area contributed by atoms with E-state index in [2.05, 4.69) is 21.2 Å². The maximum absolute atomic E-state index is 13.5. The molecule has 2 aromatic carbocycles. The van der Waals surface area contributed by atoms with Gasteiger partial charge in [0, 0.05) is 16.6 Å². The predicted molar refractivity (Wildman–Crippen MR) is 112 cm³/mol. The third-order valence-corrected chi connectivity index (χ3v) is 6.32. The fourth-order valence-corrected chi connectivity index (χ4v) is 4.54. The van der Waals surface area contributed by atoms with Gasteiger partial charge in [-0.15, -0.1) is 0 Å². The number of amides is 1. The minimum atomic E-state index is -0.531. The van der Waals surface area contributed by atoms with E-state index in [1.165, 1.54) is 6.42 Å². The summed E-state index contributed by atoms with van der Waals surface area (Å²) in [5, 5.41) is 3.15. The van der Waals surface area contributed by atoms with Crippen LogP contribution in [0.15, 0.2) is 40.9 Å². The van der Waals surface area contributed by atoms with Gasteiger partial charge >= 0.3 is 0 Å². The first-order valence-electron chi connectivity index (χ1n) is 9.67. The minimum absolute atomic E-state index is 0.0229. The van der Waals surface area contributed by atoms with Gasteiger partial charge in [-0.1, -0.05) is 31.4 Å². The number of hydrogen-bond acceptors (Lipinski definition) is 4. The highest BCUT2D eigenvalue weighted by Crippen LogP contribution is 2.43. The molecule has 0 bridgehead atoms. The molecule has 2 aliphatic rings. The average Bonchev–Trinajstić information content (AvgIpc) is 2.74. The number of rotatable bonds is 4. The quantitative estimate of drug-likeness (QED) is 0.713. The van der Waals surface area contributed by atoms with Crippen LogP contribution in [0.1, 0.15) is 37.7 Å². The van der Waals surface area contributed by atoms with E-state index in [4.69, 9.17) is 14.2 Å². The van der Waals surface area contributed by atoms with Gasteiger partial charge in [-0.2, -0.15) is 0 Å². The van der Waals surface area contributed by atoms with E-state index in [-0.39, 0.29) is 5.91 Å². The van der Waals surface area contributed by atoms with Crippen LogP contribution in [0.5, 0.6) is 17.2 Å². The third-order valence-electron chi connectivity index (χ3n) is 5.66. The average molecular weight is 446 g/mol. The van der Waals surface area contributed by atoms with Crippen LogP contribution in [0.4, 0.5) is 5.69 Å². The summed E-state index contributed by atoms with van der Waals surface area (Å²) >= 11 is 3.55. The summed E-state index contributed by atoms with van der Waals surface area (Å²) in [5.41, 5.74) is 1.21. The van der Waals surface area contributed by atoms with Gasteiger partial charge in [0.05, 0.1) is 18.2 Å². The van der Waals surface area contributed by atoms with Gasteiger partial charge in [-0.25, -0.2) is 0 Å². The van der Waals surface area contributed by atoms with Crippen molar-refractivity contribution in [2.24, 2.45) is 0 Å². The van der Waals surface area contributed by atoms with Crippen LogP contribution in [0.25, 0.3) is 0 Å². The van der Waals surface area contributed by atoms with E-state index >= 15 is 0 Å². The second kappa shape index (κ2) is 8.03. The number of fused-ring (bicyclic) bond motifs is 1. The van der Waals surface area contributed by atoms with Crippen LogP contribution < -0.4 is 19.5 Å². The van der Waals surface area contributed by atoms with Crippen molar-refractivity contribution in [3.8, 4) is 17.2 Å². The first-order chi connectivity index (χ1) is 13.6. The van der Waals surface area contributed by atoms with Crippen LogP contribution in [0.2, 0.25) is 0 Å². The molecule has 6 heteroatoms. The zero-order chi connectivity index (χ0) is 19.6. The van der Waals surface area contributed by atoms with E-state index < -0.39 is 5.41 Å². The normalized spacial score (nSPS) is 17.6. The molecular formula is C22H24BrNO4. The molecule has 1 amide bonds. The van der Waals surface area contributed by atoms with E-state index in [1.807, 2.05) is 36.4 Å². The number of carbonyl (C=O) groups is 1. The highest BCUT2D eigenvalue weighted by Gasteiger charge is 2.41. The predicted octanol–water partition coefficient (Wildman–Crippen LogP) is 5.07. The summed E-state index contributed by atoms with van der Waals surface area (Å²) in [6, 6.07) is 11.6. The van der Waals surface area contributed by atoms with Crippen molar-refractivity contribution < 1.29 is 19.0 Å². The Morgan fingerprint density at radius 2 is 1.68 bits per heavy atom. The molecule has 1 aliphatic carbocycles. The zero-order valence-corrected chi connectivity index (χ0v) is 17.5. The van der Waals surface area contributed by atoms with E-state index in [0.29, 0.717) is 30.4 Å². The van der Waals surface area contributed by atoms with Gasteiger partial charge in [-0.3, -0.25) is 4.79 Å². The molecular weight excluding hydrogens is 422 g/mol. The molecule has 0 atom stereocenters. The molecule has 2 aromatic rings. The number of ether oxygens (including phenoxy) is 3. The SMILES string of the molecule is COc1ccc(C2(C(=O)Nc3cc4c(cc3Br)OCCO4)CCCCC2)cc1. The van der Waals surface area contributed by atoms with Crippen LogP contribution in [-0.4, -0.2) is 26.2 Å². The van der Waals surface area contributed by atoms with Crippen LogP contribution in [0.3, 0.4) is 0 Å². The lowest BCUT2D eigenvalue weighted by Crippen LogP contribution is -2.42. The number of carbonyl (C=O) groups excluding carboxylic acids is 1. The summed E-state index contributed by atoms with van der Waals surface area (Å²) in [6.45, 7) is 1.05. The summed E-state index contributed by atoms with van der Waals surface area (Å²) in [5.74, 6) is 2.17.